The van der Waals surface area contributed by atoms with Crippen LogP contribution in [0.4, 0.5) is 4.79 Å². The third kappa shape index (κ3) is 11.3. The lowest BCUT2D eigenvalue weighted by Crippen LogP contribution is -2.21. The summed E-state index contributed by atoms with van der Waals surface area (Å²) < 4.78 is 0. The molecule has 0 radical (unpaired) electrons. The third-order valence-corrected chi connectivity index (χ3v) is 2.23. The van der Waals surface area contributed by atoms with Crippen molar-refractivity contribution < 1.29 is 9.90 Å². The molecule has 0 aliphatic heterocycles. The molecule has 0 atom stereocenters. The summed E-state index contributed by atoms with van der Waals surface area (Å²) in [6, 6.07) is 0. The second-order valence-electron chi connectivity index (χ2n) is 4.18. The van der Waals surface area contributed by atoms with Crippen molar-refractivity contribution >= 4 is 6.09 Å². The van der Waals surface area contributed by atoms with Crippen molar-refractivity contribution in [3.05, 3.63) is 0 Å². The van der Waals surface area contributed by atoms with Crippen molar-refractivity contribution in [2.75, 3.05) is 6.54 Å². The van der Waals surface area contributed by atoms with E-state index in [2.05, 4.69) is 19.2 Å². The van der Waals surface area contributed by atoms with Crippen molar-refractivity contribution in [3.63, 3.8) is 0 Å². The van der Waals surface area contributed by atoms with E-state index in [1.165, 1.54) is 25.7 Å². The first kappa shape index (κ1) is 13.3. The summed E-state index contributed by atoms with van der Waals surface area (Å²) in [5, 5.41) is 10.7. The standard InChI is InChI=1S/C11H23NO2/c1-10(2)8-6-4-3-5-7-9-12-11(13)14/h10,12H,3-9H2,1-2H3,(H,13,14). The van der Waals surface area contributed by atoms with Gasteiger partial charge in [-0.1, -0.05) is 46.0 Å². The Labute approximate surface area is 86.9 Å². The maximum atomic E-state index is 10.1. The fraction of sp³-hybridized carbons (Fsp3) is 0.909. The van der Waals surface area contributed by atoms with Crippen molar-refractivity contribution in [3.8, 4) is 0 Å². The average Bonchev–Trinajstić information content (AvgIpc) is 2.08. The van der Waals surface area contributed by atoms with Crippen molar-refractivity contribution in [1.29, 1.82) is 0 Å². The Bertz CT molecular complexity index is 146. The Morgan fingerprint density at radius 3 is 2.29 bits per heavy atom. The zero-order chi connectivity index (χ0) is 10.8. The van der Waals surface area contributed by atoms with Crippen LogP contribution in [0.1, 0.15) is 52.4 Å². The molecular formula is C11H23NO2. The molecule has 0 saturated carbocycles. The number of amides is 1. The fourth-order valence-corrected chi connectivity index (χ4v) is 1.40. The van der Waals surface area contributed by atoms with Gasteiger partial charge in [0.1, 0.15) is 0 Å². The number of hydrogen-bond donors (Lipinski definition) is 2. The molecule has 0 aromatic carbocycles. The summed E-state index contributed by atoms with van der Waals surface area (Å²) in [6.07, 6.45) is 6.33. The summed E-state index contributed by atoms with van der Waals surface area (Å²) in [5.74, 6) is 0.809. The SMILES string of the molecule is CC(C)CCCCCCCNC(=O)O. The monoisotopic (exact) mass is 201 g/mol. The first-order valence-corrected chi connectivity index (χ1v) is 5.59. The Balaban J connectivity index is 2.96. The maximum absolute atomic E-state index is 10.1. The van der Waals surface area contributed by atoms with Gasteiger partial charge in [0.15, 0.2) is 0 Å². The molecule has 0 fully saturated rings. The molecule has 0 rings (SSSR count). The van der Waals surface area contributed by atoms with E-state index >= 15 is 0 Å². The Morgan fingerprint density at radius 1 is 1.14 bits per heavy atom. The van der Waals surface area contributed by atoms with Gasteiger partial charge < -0.3 is 10.4 Å². The first-order chi connectivity index (χ1) is 6.63. The van der Waals surface area contributed by atoms with E-state index in [1.807, 2.05) is 0 Å². The van der Waals surface area contributed by atoms with Crippen LogP contribution in [0.2, 0.25) is 0 Å². The van der Waals surface area contributed by atoms with Crippen LogP contribution in [-0.2, 0) is 0 Å². The van der Waals surface area contributed by atoms with Crippen LogP contribution >= 0.6 is 0 Å². The normalized spacial score (nSPS) is 10.5. The summed E-state index contributed by atoms with van der Waals surface area (Å²) in [5.41, 5.74) is 0. The van der Waals surface area contributed by atoms with Gasteiger partial charge >= 0.3 is 6.09 Å². The van der Waals surface area contributed by atoms with E-state index in [0.29, 0.717) is 6.54 Å². The topological polar surface area (TPSA) is 49.3 Å². The summed E-state index contributed by atoms with van der Waals surface area (Å²) >= 11 is 0. The average molecular weight is 201 g/mol. The Kier molecular flexibility index (Phi) is 8.39. The quantitative estimate of drug-likeness (QED) is 0.592. The van der Waals surface area contributed by atoms with Gasteiger partial charge in [-0.05, 0) is 12.3 Å². The molecule has 3 nitrogen and oxygen atoms in total. The van der Waals surface area contributed by atoms with Crippen molar-refractivity contribution in [2.24, 2.45) is 5.92 Å². The molecule has 2 N–H and O–H groups in total. The molecule has 0 unspecified atom stereocenters. The van der Waals surface area contributed by atoms with Gasteiger partial charge in [-0.2, -0.15) is 0 Å². The van der Waals surface area contributed by atoms with Crippen LogP contribution < -0.4 is 5.32 Å². The largest absolute Gasteiger partial charge is 0.465 e. The molecule has 0 aromatic rings. The number of nitrogens with one attached hydrogen (secondary N) is 1. The first-order valence-electron chi connectivity index (χ1n) is 5.59. The number of hydrogen-bond acceptors (Lipinski definition) is 1. The number of unbranched alkanes of at least 4 members (excludes halogenated alkanes) is 4. The van der Waals surface area contributed by atoms with Gasteiger partial charge in [0, 0.05) is 6.54 Å². The molecule has 0 aliphatic carbocycles. The molecule has 3 heteroatoms. The van der Waals surface area contributed by atoms with Crippen molar-refractivity contribution in [2.45, 2.75) is 52.4 Å². The lowest BCUT2D eigenvalue weighted by molar-refractivity contribution is 0.194. The lowest BCUT2D eigenvalue weighted by atomic mass is 10.0. The molecule has 0 heterocycles. The molecule has 0 saturated heterocycles. The summed E-state index contributed by atoms with van der Waals surface area (Å²) in [6.45, 7) is 5.09. The number of carbonyl (C=O) groups is 1. The van der Waals surface area contributed by atoms with Crippen LogP contribution in [0.3, 0.4) is 0 Å². The highest BCUT2D eigenvalue weighted by atomic mass is 16.4. The van der Waals surface area contributed by atoms with E-state index in [-0.39, 0.29) is 0 Å². The van der Waals surface area contributed by atoms with Crippen LogP contribution in [0.15, 0.2) is 0 Å². The Morgan fingerprint density at radius 2 is 1.71 bits per heavy atom. The zero-order valence-corrected chi connectivity index (χ0v) is 9.38. The third-order valence-electron chi connectivity index (χ3n) is 2.23. The van der Waals surface area contributed by atoms with Crippen LogP contribution in [0.5, 0.6) is 0 Å². The molecule has 84 valence electrons. The smallest absolute Gasteiger partial charge is 0.404 e. The van der Waals surface area contributed by atoms with Gasteiger partial charge in [0.2, 0.25) is 0 Å². The second-order valence-corrected chi connectivity index (χ2v) is 4.18. The van der Waals surface area contributed by atoms with E-state index in [1.54, 1.807) is 0 Å². The number of rotatable bonds is 8. The highest BCUT2D eigenvalue weighted by molar-refractivity contribution is 5.64. The lowest BCUT2D eigenvalue weighted by Gasteiger charge is -2.04. The highest BCUT2D eigenvalue weighted by Gasteiger charge is 1.95. The highest BCUT2D eigenvalue weighted by Crippen LogP contribution is 2.09. The molecule has 0 aromatic heterocycles. The van der Waals surface area contributed by atoms with Gasteiger partial charge in [-0.15, -0.1) is 0 Å². The van der Waals surface area contributed by atoms with Gasteiger partial charge in [0.05, 0.1) is 0 Å². The minimum absolute atomic E-state index is 0.597. The molecule has 14 heavy (non-hydrogen) atoms. The van der Waals surface area contributed by atoms with Gasteiger partial charge in [-0.25, -0.2) is 4.79 Å². The second kappa shape index (κ2) is 8.85. The molecule has 0 aliphatic rings. The molecule has 0 spiro atoms. The van der Waals surface area contributed by atoms with Crippen LogP contribution in [0.25, 0.3) is 0 Å². The minimum atomic E-state index is -0.912. The van der Waals surface area contributed by atoms with Gasteiger partial charge in [-0.3, -0.25) is 0 Å². The van der Waals surface area contributed by atoms with Crippen molar-refractivity contribution in [1.82, 2.24) is 5.32 Å². The summed E-state index contributed by atoms with van der Waals surface area (Å²) in [7, 11) is 0. The van der Waals surface area contributed by atoms with E-state index < -0.39 is 6.09 Å². The number of carboxylic acid groups (broad SMARTS) is 1. The van der Waals surface area contributed by atoms with E-state index in [9.17, 15) is 4.79 Å². The minimum Gasteiger partial charge on any atom is -0.465 e. The zero-order valence-electron chi connectivity index (χ0n) is 9.38. The van der Waals surface area contributed by atoms with Crippen LogP contribution in [-0.4, -0.2) is 17.7 Å². The van der Waals surface area contributed by atoms with E-state index in [0.717, 1.165) is 18.8 Å². The fourth-order valence-electron chi connectivity index (χ4n) is 1.40. The van der Waals surface area contributed by atoms with Gasteiger partial charge in [0.25, 0.3) is 0 Å². The van der Waals surface area contributed by atoms with E-state index in [4.69, 9.17) is 5.11 Å². The predicted octanol–water partition coefficient (Wildman–Crippen LogP) is 3.25. The molecular weight excluding hydrogens is 178 g/mol. The molecule has 1 amide bonds. The maximum Gasteiger partial charge on any atom is 0.404 e. The molecule has 0 bridgehead atoms. The summed E-state index contributed by atoms with van der Waals surface area (Å²) in [4.78, 5) is 10.1. The Hall–Kier alpha value is -0.730. The van der Waals surface area contributed by atoms with Crippen LogP contribution in [0, 0.1) is 5.92 Å². The predicted molar refractivity (Wildman–Crippen MR) is 58.6 cm³/mol.